The summed E-state index contributed by atoms with van der Waals surface area (Å²) in [6, 6.07) is 7.86. The van der Waals surface area contributed by atoms with E-state index in [1.807, 2.05) is 36.1 Å². The van der Waals surface area contributed by atoms with Gasteiger partial charge in [-0.05, 0) is 18.6 Å². The van der Waals surface area contributed by atoms with E-state index in [0.29, 0.717) is 26.3 Å². The van der Waals surface area contributed by atoms with E-state index >= 15 is 0 Å². The number of aliphatic carboxylic acids is 1. The minimum absolute atomic E-state index is 0.000505. The molecule has 1 aromatic carbocycles. The maximum atomic E-state index is 10.7. The number of carbonyl (C=O) groups is 1. The quantitative estimate of drug-likeness (QED) is 0.660. The largest absolute Gasteiger partial charge is 0.481 e. The van der Waals surface area contributed by atoms with Crippen LogP contribution in [0.4, 0.5) is 5.69 Å². The van der Waals surface area contributed by atoms with Gasteiger partial charge in [0.1, 0.15) is 0 Å². The highest BCUT2D eigenvalue weighted by Gasteiger charge is 2.10. The van der Waals surface area contributed by atoms with Crippen molar-refractivity contribution in [3.8, 4) is 0 Å². The molecule has 0 heterocycles. The van der Waals surface area contributed by atoms with Crippen molar-refractivity contribution in [2.75, 3.05) is 37.8 Å². The van der Waals surface area contributed by atoms with Crippen LogP contribution in [-0.4, -0.2) is 49.1 Å². The zero-order valence-corrected chi connectivity index (χ0v) is 11.2. The zero-order chi connectivity index (χ0) is 14.1. The lowest BCUT2D eigenvalue weighted by atomic mass is 10.1. The van der Waals surface area contributed by atoms with Crippen LogP contribution in [0.2, 0.25) is 0 Å². The van der Waals surface area contributed by atoms with E-state index in [2.05, 4.69) is 0 Å². The number of aliphatic hydroxyl groups is 1. The van der Waals surface area contributed by atoms with Crippen molar-refractivity contribution >= 4 is 11.7 Å². The Bertz CT molecular complexity index is 395. The van der Waals surface area contributed by atoms with E-state index in [9.17, 15) is 4.79 Å². The Kier molecular flexibility index (Phi) is 6.92. The highest BCUT2D eigenvalue weighted by atomic mass is 16.5. The number of rotatable bonds is 9. The molecule has 106 valence electrons. The molecule has 0 unspecified atom stereocenters. The first-order valence-corrected chi connectivity index (χ1v) is 6.36. The molecule has 0 saturated carbocycles. The monoisotopic (exact) mass is 267 g/mol. The van der Waals surface area contributed by atoms with Crippen LogP contribution in [0.5, 0.6) is 0 Å². The molecule has 5 nitrogen and oxygen atoms in total. The number of nitrogens with zero attached hydrogens (tertiary/aromatic N) is 1. The van der Waals surface area contributed by atoms with E-state index in [4.69, 9.17) is 14.9 Å². The van der Waals surface area contributed by atoms with E-state index in [0.717, 1.165) is 11.3 Å². The van der Waals surface area contributed by atoms with Crippen LogP contribution in [0.15, 0.2) is 24.3 Å². The van der Waals surface area contributed by atoms with Crippen LogP contribution in [0, 0.1) is 6.92 Å². The Morgan fingerprint density at radius 1 is 1.26 bits per heavy atom. The van der Waals surface area contributed by atoms with Gasteiger partial charge in [0.25, 0.3) is 0 Å². The van der Waals surface area contributed by atoms with Gasteiger partial charge in [-0.25, -0.2) is 0 Å². The van der Waals surface area contributed by atoms with Crippen molar-refractivity contribution in [2.45, 2.75) is 13.3 Å². The summed E-state index contributed by atoms with van der Waals surface area (Å²) in [4.78, 5) is 12.7. The fourth-order valence-electron chi connectivity index (χ4n) is 1.84. The van der Waals surface area contributed by atoms with Gasteiger partial charge in [-0.3, -0.25) is 4.79 Å². The van der Waals surface area contributed by atoms with Crippen molar-refractivity contribution in [2.24, 2.45) is 0 Å². The van der Waals surface area contributed by atoms with E-state index < -0.39 is 5.97 Å². The lowest BCUT2D eigenvalue weighted by Gasteiger charge is -2.25. The third-order valence-corrected chi connectivity index (χ3v) is 2.79. The van der Waals surface area contributed by atoms with Gasteiger partial charge in [0.2, 0.25) is 0 Å². The first-order valence-electron chi connectivity index (χ1n) is 6.36. The van der Waals surface area contributed by atoms with Crippen molar-refractivity contribution in [1.29, 1.82) is 0 Å². The van der Waals surface area contributed by atoms with Crippen LogP contribution in [-0.2, 0) is 9.53 Å². The Hall–Kier alpha value is -1.59. The molecule has 0 aliphatic carbocycles. The Morgan fingerprint density at radius 2 is 2.00 bits per heavy atom. The number of aryl methyl sites for hydroxylation is 1. The summed E-state index contributed by atoms with van der Waals surface area (Å²) in [6.45, 7) is 3.83. The maximum Gasteiger partial charge on any atom is 0.305 e. The molecule has 1 aromatic rings. The SMILES string of the molecule is Cc1ccccc1N(CCOCCO)CCC(=O)O. The molecule has 0 spiro atoms. The van der Waals surface area contributed by atoms with Gasteiger partial charge in [-0.1, -0.05) is 18.2 Å². The molecule has 19 heavy (non-hydrogen) atoms. The number of ether oxygens (including phenoxy) is 1. The molecule has 0 aromatic heterocycles. The average Bonchev–Trinajstić information content (AvgIpc) is 2.39. The molecule has 0 aliphatic heterocycles. The number of carboxylic acid groups (broad SMARTS) is 1. The molecule has 0 fully saturated rings. The summed E-state index contributed by atoms with van der Waals surface area (Å²) in [7, 11) is 0. The van der Waals surface area contributed by atoms with Crippen LogP contribution < -0.4 is 4.90 Å². The van der Waals surface area contributed by atoms with Crippen LogP contribution in [0.3, 0.4) is 0 Å². The van der Waals surface area contributed by atoms with Crippen molar-refractivity contribution in [3.63, 3.8) is 0 Å². The Morgan fingerprint density at radius 3 is 2.63 bits per heavy atom. The topological polar surface area (TPSA) is 70.0 Å². The second-order valence-electron chi connectivity index (χ2n) is 4.25. The molecule has 1 rings (SSSR count). The number of hydrogen-bond donors (Lipinski definition) is 2. The first kappa shape index (κ1) is 15.5. The van der Waals surface area contributed by atoms with Crippen LogP contribution in [0.1, 0.15) is 12.0 Å². The summed E-state index contributed by atoms with van der Waals surface area (Å²) in [5.74, 6) is -0.810. The van der Waals surface area contributed by atoms with Crippen LogP contribution in [0.25, 0.3) is 0 Å². The van der Waals surface area contributed by atoms with Gasteiger partial charge in [0.05, 0.1) is 26.2 Å². The van der Waals surface area contributed by atoms with Gasteiger partial charge in [-0.15, -0.1) is 0 Å². The summed E-state index contributed by atoms with van der Waals surface area (Å²) in [5, 5.41) is 17.4. The van der Waals surface area contributed by atoms with E-state index in [1.165, 1.54) is 0 Å². The predicted molar refractivity (Wildman–Crippen MR) is 73.5 cm³/mol. The second-order valence-corrected chi connectivity index (χ2v) is 4.25. The molecular weight excluding hydrogens is 246 g/mol. The smallest absolute Gasteiger partial charge is 0.305 e. The first-order chi connectivity index (χ1) is 9.15. The third-order valence-electron chi connectivity index (χ3n) is 2.79. The molecule has 0 saturated heterocycles. The lowest BCUT2D eigenvalue weighted by Crippen LogP contribution is -2.30. The maximum absolute atomic E-state index is 10.7. The summed E-state index contributed by atoms with van der Waals surface area (Å²) in [6.07, 6.45) is 0.0916. The fraction of sp³-hybridized carbons (Fsp3) is 0.500. The number of aliphatic hydroxyl groups excluding tert-OH is 1. The number of anilines is 1. The molecule has 0 amide bonds. The van der Waals surface area contributed by atoms with Crippen LogP contribution >= 0.6 is 0 Å². The summed E-state index contributed by atoms with van der Waals surface area (Å²) in [5.41, 5.74) is 2.13. The average molecular weight is 267 g/mol. The normalized spacial score (nSPS) is 10.4. The Balaban J connectivity index is 2.63. The fourth-order valence-corrected chi connectivity index (χ4v) is 1.84. The number of para-hydroxylation sites is 1. The summed E-state index contributed by atoms with van der Waals surface area (Å²) >= 11 is 0. The molecular formula is C14H21NO4. The number of benzene rings is 1. The Labute approximate surface area is 113 Å². The molecule has 0 bridgehead atoms. The van der Waals surface area contributed by atoms with E-state index in [-0.39, 0.29) is 13.0 Å². The highest BCUT2D eigenvalue weighted by Crippen LogP contribution is 2.19. The molecule has 2 N–H and O–H groups in total. The van der Waals surface area contributed by atoms with Gasteiger partial charge in [-0.2, -0.15) is 0 Å². The lowest BCUT2D eigenvalue weighted by molar-refractivity contribution is -0.136. The molecule has 0 aliphatic rings. The highest BCUT2D eigenvalue weighted by molar-refractivity contribution is 5.68. The number of hydrogen-bond acceptors (Lipinski definition) is 4. The zero-order valence-electron chi connectivity index (χ0n) is 11.2. The second kappa shape index (κ2) is 8.50. The van der Waals surface area contributed by atoms with Gasteiger partial charge in [0.15, 0.2) is 0 Å². The molecule has 0 atom stereocenters. The van der Waals surface area contributed by atoms with Gasteiger partial charge < -0.3 is 19.8 Å². The van der Waals surface area contributed by atoms with Gasteiger partial charge in [0, 0.05) is 18.8 Å². The molecule has 5 heteroatoms. The molecule has 0 radical (unpaired) electrons. The van der Waals surface area contributed by atoms with E-state index in [1.54, 1.807) is 0 Å². The number of carboxylic acids is 1. The van der Waals surface area contributed by atoms with Gasteiger partial charge >= 0.3 is 5.97 Å². The van der Waals surface area contributed by atoms with Crippen molar-refractivity contribution in [3.05, 3.63) is 29.8 Å². The standard InChI is InChI=1S/C14H21NO4/c1-12-4-2-3-5-13(12)15(7-6-14(17)18)8-10-19-11-9-16/h2-5,16H,6-11H2,1H3,(H,17,18). The third kappa shape index (κ3) is 5.72. The summed E-state index contributed by atoms with van der Waals surface area (Å²) < 4.78 is 5.24. The predicted octanol–water partition coefficient (Wildman–Crippen LogP) is 1.29. The minimum atomic E-state index is -0.810. The van der Waals surface area contributed by atoms with Crippen molar-refractivity contribution < 1.29 is 19.7 Å². The van der Waals surface area contributed by atoms with Crippen molar-refractivity contribution in [1.82, 2.24) is 0 Å². The minimum Gasteiger partial charge on any atom is -0.481 e.